The lowest BCUT2D eigenvalue weighted by Gasteiger charge is -2.06. The molecule has 0 aromatic heterocycles. The highest BCUT2D eigenvalue weighted by Crippen LogP contribution is 2.07. The number of aryl methyl sites for hydroxylation is 1. The van der Waals surface area contributed by atoms with Gasteiger partial charge in [0.15, 0.2) is 0 Å². The Balaban J connectivity index is 2.72. The van der Waals surface area contributed by atoms with Crippen LogP contribution >= 0.6 is 0 Å². The Hall–Kier alpha value is -0.820. The van der Waals surface area contributed by atoms with Crippen LogP contribution in [0, 0.1) is 0 Å². The largest absolute Gasteiger partial charge is 0.328 e. The zero-order chi connectivity index (χ0) is 8.97. The van der Waals surface area contributed by atoms with Crippen LogP contribution in [-0.4, -0.2) is 6.04 Å². The molecule has 12 heavy (non-hydrogen) atoms. The van der Waals surface area contributed by atoms with E-state index in [4.69, 9.17) is 5.73 Å². The van der Waals surface area contributed by atoms with Crippen LogP contribution in [0.1, 0.15) is 25.0 Å². The first kappa shape index (κ1) is 9.27. The molecule has 0 aliphatic rings. The van der Waals surface area contributed by atoms with Crippen LogP contribution in [-0.2, 0) is 12.8 Å². The van der Waals surface area contributed by atoms with E-state index in [1.165, 1.54) is 11.1 Å². The molecule has 0 bridgehead atoms. The summed E-state index contributed by atoms with van der Waals surface area (Å²) in [5.41, 5.74) is 8.46. The van der Waals surface area contributed by atoms with Gasteiger partial charge in [-0.25, -0.2) is 0 Å². The van der Waals surface area contributed by atoms with E-state index in [1.807, 2.05) is 6.92 Å². The average Bonchev–Trinajstić information content (AvgIpc) is 2.03. The Morgan fingerprint density at radius 3 is 2.58 bits per heavy atom. The maximum absolute atomic E-state index is 5.72. The lowest BCUT2D eigenvalue weighted by Crippen LogP contribution is -2.17. The van der Waals surface area contributed by atoms with E-state index < -0.39 is 0 Å². The Morgan fingerprint density at radius 1 is 1.33 bits per heavy atom. The molecule has 1 rings (SSSR count). The summed E-state index contributed by atoms with van der Waals surface area (Å²) in [7, 11) is 0. The predicted molar refractivity (Wildman–Crippen MR) is 53.2 cm³/mol. The molecule has 1 heteroatoms. The van der Waals surface area contributed by atoms with E-state index in [0.29, 0.717) is 0 Å². The number of rotatable bonds is 3. The van der Waals surface area contributed by atoms with Crippen LogP contribution < -0.4 is 5.73 Å². The van der Waals surface area contributed by atoms with Crippen LogP contribution in [0.15, 0.2) is 24.3 Å². The predicted octanol–water partition coefficient (Wildman–Crippen LogP) is 2.14. The van der Waals surface area contributed by atoms with Gasteiger partial charge in [-0.3, -0.25) is 0 Å². The number of benzene rings is 1. The first-order valence-corrected chi connectivity index (χ1v) is 4.55. The molecule has 2 N–H and O–H groups in total. The van der Waals surface area contributed by atoms with Gasteiger partial charge in [-0.1, -0.05) is 31.2 Å². The van der Waals surface area contributed by atoms with Gasteiger partial charge in [-0.15, -0.1) is 0 Å². The second-order valence-electron chi connectivity index (χ2n) is 3.35. The van der Waals surface area contributed by atoms with Gasteiger partial charge in [-0.2, -0.15) is 0 Å². The third-order valence-corrected chi connectivity index (χ3v) is 1.96. The van der Waals surface area contributed by atoms with Gasteiger partial charge in [-0.05, 0) is 30.9 Å². The molecule has 0 amide bonds. The van der Waals surface area contributed by atoms with Crippen LogP contribution in [0.3, 0.4) is 0 Å². The number of hydrogen-bond donors (Lipinski definition) is 1. The monoisotopic (exact) mass is 163 g/mol. The molecule has 0 radical (unpaired) electrons. The molecule has 1 atom stereocenters. The minimum absolute atomic E-state index is 0.261. The minimum Gasteiger partial charge on any atom is -0.328 e. The van der Waals surface area contributed by atoms with Gasteiger partial charge in [0.05, 0.1) is 0 Å². The van der Waals surface area contributed by atoms with Gasteiger partial charge < -0.3 is 5.73 Å². The molecule has 0 saturated heterocycles. The van der Waals surface area contributed by atoms with Crippen LogP contribution in [0.5, 0.6) is 0 Å². The Bertz CT molecular complexity index is 241. The topological polar surface area (TPSA) is 26.0 Å². The van der Waals surface area contributed by atoms with Crippen molar-refractivity contribution < 1.29 is 0 Å². The second kappa shape index (κ2) is 4.27. The summed E-state index contributed by atoms with van der Waals surface area (Å²) >= 11 is 0. The maximum atomic E-state index is 5.72. The fourth-order valence-electron chi connectivity index (χ4n) is 1.35. The first-order chi connectivity index (χ1) is 5.72. The van der Waals surface area contributed by atoms with Crippen molar-refractivity contribution in [2.24, 2.45) is 5.73 Å². The summed E-state index contributed by atoms with van der Waals surface area (Å²) in [6, 6.07) is 8.91. The molecular weight excluding hydrogens is 146 g/mol. The third kappa shape index (κ3) is 2.67. The highest BCUT2D eigenvalue weighted by molar-refractivity contribution is 5.23. The van der Waals surface area contributed by atoms with Crippen molar-refractivity contribution in [3.05, 3.63) is 35.4 Å². The highest BCUT2D eigenvalue weighted by Gasteiger charge is 1.97. The molecule has 0 saturated carbocycles. The molecule has 1 aromatic carbocycles. The zero-order valence-electron chi connectivity index (χ0n) is 7.88. The van der Waals surface area contributed by atoms with E-state index in [9.17, 15) is 0 Å². The van der Waals surface area contributed by atoms with Crippen molar-refractivity contribution >= 4 is 0 Å². The Labute approximate surface area is 74.6 Å². The molecule has 0 spiro atoms. The second-order valence-corrected chi connectivity index (χ2v) is 3.35. The summed E-state index contributed by atoms with van der Waals surface area (Å²) < 4.78 is 0. The van der Waals surface area contributed by atoms with Crippen LogP contribution in [0.4, 0.5) is 0 Å². The standard InChI is InChI=1S/C11H17N/c1-3-10-5-4-6-11(8-10)7-9(2)12/h4-6,8-9H,3,7,12H2,1-2H3/t9-/m1/s1. The molecule has 1 nitrogen and oxygen atoms in total. The summed E-state index contributed by atoms with van der Waals surface area (Å²) in [5.74, 6) is 0. The molecule has 0 unspecified atom stereocenters. The SMILES string of the molecule is CCc1cccc(C[C@@H](C)N)c1. The van der Waals surface area contributed by atoms with Gasteiger partial charge >= 0.3 is 0 Å². The average molecular weight is 163 g/mol. The van der Waals surface area contributed by atoms with Crippen molar-refractivity contribution in [3.63, 3.8) is 0 Å². The van der Waals surface area contributed by atoms with Gasteiger partial charge in [0.25, 0.3) is 0 Å². The molecule has 0 heterocycles. The van der Waals surface area contributed by atoms with Crippen LogP contribution in [0.2, 0.25) is 0 Å². The molecule has 0 fully saturated rings. The normalized spacial score (nSPS) is 12.9. The van der Waals surface area contributed by atoms with E-state index in [1.54, 1.807) is 0 Å². The lowest BCUT2D eigenvalue weighted by molar-refractivity contribution is 0.737. The fourth-order valence-corrected chi connectivity index (χ4v) is 1.35. The molecule has 1 aromatic rings. The molecule has 0 aliphatic heterocycles. The number of nitrogens with two attached hydrogens (primary N) is 1. The fraction of sp³-hybridized carbons (Fsp3) is 0.455. The van der Waals surface area contributed by atoms with E-state index in [-0.39, 0.29) is 6.04 Å². The Kier molecular flexibility index (Phi) is 3.30. The van der Waals surface area contributed by atoms with Crippen molar-refractivity contribution in [1.82, 2.24) is 0 Å². The Morgan fingerprint density at radius 2 is 2.00 bits per heavy atom. The van der Waals surface area contributed by atoms with Gasteiger partial charge in [0.2, 0.25) is 0 Å². The van der Waals surface area contributed by atoms with Crippen LogP contribution in [0.25, 0.3) is 0 Å². The van der Waals surface area contributed by atoms with E-state index in [2.05, 4.69) is 31.2 Å². The van der Waals surface area contributed by atoms with E-state index >= 15 is 0 Å². The lowest BCUT2D eigenvalue weighted by atomic mass is 10.0. The summed E-state index contributed by atoms with van der Waals surface area (Å²) in [4.78, 5) is 0. The summed E-state index contributed by atoms with van der Waals surface area (Å²) in [6.45, 7) is 4.21. The summed E-state index contributed by atoms with van der Waals surface area (Å²) in [6.07, 6.45) is 2.08. The molecule has 0 aliphatic carbocycles. The van der Waals surface area contributed by atoms with Crippen molar-refractivity contribution in [3.8, 4) is 0 Å². The first-order valence-electron chi connectivity index (χ1n) is 4.55. The minimum atomic E-state index is 0.261. The molecular formula is C11H17N. The maximum Gasteiger partial charge on any atom is 0.00509 e. The summed E-state index contributed by atoms with van der Waals surface area (Å²) in [5, 5.41) is 0. The zero-order valence-corrected chi connectivity index (χ0v) is 7.88. The van der Waals surface area contributed by atoms with Crippen molar-refractivity contribution in [1.29, 1.82) is 0 Å². The van der Waals surface area contributed by atoms with Gasteiger partial charge in [0.1, 0.15) is 0 Å². The third-order valence-electron chi connectivity index (χ3n) is 1.96. The molecule has 66 valence electrons. The smallest absolute Gasteiger partial charge is 0.00509 e. The van der Waals surface area contributed by atoms with Crippen molar-refractivity contribution in [2.45, 2.75) is 32.7 Å². The highest BCUT2D eigenvalue weighted by atomic mass is 14.6. The van der Waals surface area contributed by atoms with E-state index in [0.717, 1.165) is 12.8 Å². The van der Waals surface area contributed by atoms with Crippen molar-refractivity contribution in [2.75, 3.05) is 0 Å². The number of hydrogen-bond acceptors (Lipinski definition) is 1. The van der Waals surface area contributed by atoms with Gasteiger partial charge in [0, 0.05) is 6.04 Å². The quantitative estimate of drug-likeness (QED) is 0.726.